The number of nitrogens with one attached hydrogen (secondary N) is 1. The number of amides is 1. The predicted molar refractivity (Wildman–Crippen MR) is 95.0 cm³/mol. The maximum absolute atomic E-state index is 11.7. The Hall–Kier alpha value is -2.82. The van der Waals surface area contributed by atoms with Crippen LogP contribution >= 0.6 is 0 Å². The van der Waals surface area contributed by atoms with Crippen molar-refractivity contribution in [3.8, 4) is 5.75 Å². The van der Waals surface area contributed by atoms with Crippen molar-refractivity contribution in [3.63, 3.8) is 0 Å². The number of hydrogen-bond acceptors (Lipinski definition) is 4. The number of carbonyl (C=O) groups excluding carboxylic acids is 2. The Kier molecular flexibility index (Phi) is 8.05. The summed E-state index contributed by atoms with van der Waals surface area (Å²) in [6.07, 6.45) is 1.85. The summed E-state index contributed by atoms with van der Waals surface area (Å²) >= 11 is 0. The van der Waals surface area contributed by atoms with Crippen molar-refractivity contribution in [1.82, 2.24) is 5.32 Å². The van der Waals surface area contributed by atoms with Crippen LogP contribution in [0.4, 0.5) is 0 Å². The number of para-hydroxylation sites is 1. The topological polar surface area (TPSA) is 64.6 Å². The molecule has 25 heavy (non-hydrogen) atoms. The molecule has 2 aromatic rings. The van der Waals surface area contributed by atoms with Crippen molar-refractivity contribution < 1.29 is 19.1 Å². The molecule has 0 saturated carbocycles. The zero-order valence-electron chi connectivity index (χ0n) is 14.1. The Bertz CT molecular complexity index is 643. The molecule has 5 heteroatoms. The first kappa shape index (κ1) is 18.5. The first-order valence-electron chi connectivity index (χ1n) is 8.38. The van der Waals surface area contributed by atoms with E-state index >= 15 is 0 Å². The minimum Gasteiger partial charge on any atom is -0.494 e. The van der Waals surface area contributed by atoms with Gasteiger partial charge in [0.05, 0.1) is 6.61 Å². The minimum atomic E-state index is -0.440. The maximum Gasteiger partial charge on any atom is 0.325 e. The lowest BCUT2D eigenvalue weighted by molar-refractivity contribution is -0.145. The van der Waals surface area contributed by atoms with Crippen LogP contribution in [0.15, 0.2) is 60.7 Å². The standard InChI is InChI=1S/C20H23NO4/c22-19(13-7-8-14-24-18-11-5-2-6-12-18)21-15-20(23)25-16-17-9-3-1-4-10-17/h1-6,9-12H,7-8,13-16H2,(H,21,22). The highest BCUT2D eigenvalue weighted by atomic mass is 16.5. The molecular formula is C20H23NO4. The molecule has 2 aromatic carbocycles. The van der Waals surface area contributed by atoms with Gasteiger partial charge >= 0.3 is 5.97 Å². The molecule has 0 saturated heterocycles. The van der Waals surface area contributed by atoms with E-state index in [9.17, 15) is 9.59 Å². The molecule has 0 aliphatic heterocycles. The zero-order valence-corrected chi connectivity index (χ0v) is 14.1. The number of esters is 1. The second kappa shape index (κ2) is 10.9. The van der Waals surface area contributed by atoms with Gasteiger partial charge in [-0.15, -0.1) is 0 Å². The molecule has 0 radical (unpaired) electrons. The molecule has 0 aromatic heterocycles. The van der Waals surface area contributed by atoms with Gasteiger partial charge in [0.1, 0.15) is 18.9 Å². The van der Waals surface area contributed by atoms with Gasteiger partial charge in [-0.1, -0.05) is 48.5 Å². The van der Waals surface area contributed by atoms with E-state index in [0.717, 1.165) is 17.7 Å². The van der Waals surface area contributed by atoms with Gasteiger partial charge < -0.3 is 14.8 Å². The average molecular weight is 341 g/mol. The van der Waals surface area contributed by atoms with Crippen LogP contribution in [0.1, 0.15) is 24.8 Å². The first-order valence-corrected chi connectivity index (χ1v) is 8.38. The summed E-state index contributed by atoms with van der Waals surface area (Å²) in [5.74, 6) is 0.231. The fourth-order valence-electron chi connectivity index (χ4n) is 2.14. The number of carbonyl (C=O) groups is 2. The lowest BCUT2D eigenvalue weighted by atomic mass is 10.2. The molecule has 1 amide bonds. The highest BCUT2D eigenvalue weighted by Crippen LogP contribution is 2.09. The average Bonchev–Trinajstić information content (AvgIpc) is 2.66. The minimum absolute atomic E-state index is 0.105. The molecule has 132 valence electrons. The number of rotatable bonds is 10. The molecule has 0 atom stereocenters. The van der Waals surface area contributed by atoms with Crippen molar-refractivity contribution in [2.45, 2.75) is 25.9 Å². The van der Waals surface area contributed by atoms with E-state index in [2.05, 4.69) is 5.32 Å². The number of unbranched alkanes of at least 4 members (excludes halogenated alkanes) is 1. The van der Waals surface area contributed by atoms with E-state index in [-0.39, 0.29) is 19.1 Å². The van der Waals surface area contributed by atoms with E-state index in [1.807, 2.05) is 60.7 Å². The van der Waals surface area contributed by atoms with E-state index in [1.54, 1.807) is 0 Å². The monoisotopic (exact) mass is 341 g/mol. The van der Waals surface area contributed by atoms with E-state index in [4.69, 9.17) is 9.47 Å². The Morgan fingerprint density at radius 2 is 1.56 bits per heavy atom. The lowest BCUT2D eigenvalue weighted by Crippen LogP contribution is -2.30. The van der Waals surface area contributed by atoms with Gasteiger partial charge in [-0.05, 0) is 30.5 Å². The van der Waals surface area contributed by atoms with Gasteiger partial charge in [-0.3, -0.25) is 9.59 Å². The van der Waals surface area contributed by atoms with E-state index < -0.39 is 5.97 Å². The van der Waals surface area contributed by atoms with Gasteiger partial charge in [0.15, 0.2) is 0 Å². The third-order valence-electron chi connectivity index (χ3n) is 3.48. The van der Waals surface area contributed by atoms with Gasteiger partial charge in [0.25, 0.3) is 0 Å². The molecule has 0 unspecified atom stereocenters. The van der Waals surface area contributed by atoms with Crippen molar-refractivity contribution in [1.29, 1.82) is 0 Å². The summed E-state index contributed by atoms with van der Waals surface area (Å²) < 4.78 is 10.7. The number of ether oxygens (including phenoxy) is 2. The van der Waals surface area contributed by atoms with Crippen LogP contribution in [0.3, 0.4) is 0 Å². The van der Waals surface area contributed by atoms with Gasteiger partial charge in [0, 0.05) is 6.42 Å². The second-order valence-corrected chi connectivity index (χ2v) is 5.54. The van der Waals surface area contributed by atoms with Crippen molar-refractivity contribution in [2.24, 2.45) is 0 Å². The van der Waals surface area contributed by atoms with Crippen LogP contribution in [-0.4, -0.2) is 25.0 Å². The number of hydrogen-bond donors (Lipinski definition) is 1. The molecule has 1 N–H and O–H groups in total. The van der Waals surface area contributed by atoms with Gasteiger partial charge in [-0.25, -0.2) is 0 Å². The molecule has 0 bridgehead atoms. The summed E-state index contributed by atoms with van der Waals surface area (Å²) in [6.45, 7) is 0.676. The Labute approximate surface area is 148 Å². The quantitative estimate of drug-likeness (QED) is 0.533. The lowest BCUT2D eigenvalue weighted by Gasteiger charge is -2.07. The second-order valence-electron chi connectivity index (χ2n) is 5.54. The third-order valence-corrected chi connectivity index (χ3v) is 3.48. The molecule has 0 fully saturated rings. The summed E-state index contributed by atoms with van der Waals surface area (Å²) in [5.41, 5.74) is 0.917. The SMILES string of the molecule is O=C(CCCCOc1ccccc1)NCC(=O)OCc1ccccc1. The molecule has 0 aliphatic rings. The molecule has 0 aliphatic carbocycles. The smallest absolute Gasteiger partial charge is 0.325 e. The zero-order chi connectivity index (χ0) is 17.7. The fourth-order valence-corrected chi connectivity index (χ4v) is 2.14. The fraction of sp³-hybridized carbons (Fsp3) is 0.300. The van der Waals surface area contributed by atoms with Crippen molar-refractivity contribution in [3.05, 3.63) is 66.2 Å². The Morgan fingerprint density at radius 3 is 2.28 bits per heavy atom. The van der Waals surface area contributed by atoms with E-state index in [1.165, 1.54) is 0 Å². The van der Waals surface area contributed by atoms with Crippen molar-refractivity contribution >= 4 is 11.9 Å². The third kappa shape index (κ3) is 8.01. The normalized spacial score (nSPS) is 10.1. The molecule has 2 rings (SSSR count). The summed E-state index contributed by atoms with van der Waals surface area (Å²) in [5, 5.41) is 2.57. The highest BCUT2D eigenvalue weighted by Gasteiger charge is 2.07. The Morgan fingerprint density at radius 1 is 0.880 bits per heavy atom. The van der Waals surface area contributed by atoms with Crippen molar-refractivity contribution in [2.75, 3.05) is 13.2 Å². The molecule has 5 nitrogen and oxygen atoms in total. The summed E-state index contributed by atoms with van der Waals surface area (Å²) in [4.78, 5) is 23.3. The van der Waals surface area contributed by atoms with Gasteiger partial charge in [-0.2, -0.15) is 0 Å². The number of benzene rings is 2. The van der Waals surface area contributed by atoms with E-state index in [0.29, 0.717) is 19.4 Å². The summed E-state index contributed by atoms with van der Waals surface area (Å²) in [6, 6.07) is 19.0. The first-order chi connectivity index (χ1) is 12.2. The van der Waals surface area contributed by atoms with Crippen LogP contribution in [0.2, 0.25) is 0 Å². The van der Waals surface area contributed by atoms with Crippen LogP contribution in [-0.2, 0) is 20.9 Å². The van der Waals surface area contributed by atoms with Gasteiger partial charge in [0.2, 0.25) is 5.91 Å². The Balaban J connectivity index is 1.49. The molecular weight excluding hydrogens is 318 g/mol. The van der Waals surface area contributed by atoms with Crippen LogP contribution < -0.4 is 10.1 Å². The van der Waals surface area contributed by atoms with Crippen LogP contribution in [0.25, 0.3) is 0 Å². The van der Waals surface area contributed by atoms with Crippen LogP contribution in [0.5, 0.6) is 5.75 Å². The predicted octanol–water partition coefficient (Wildman–Crippen LogP) is 3.10. The highest BCUT2D eigenvalue weighted by molar-refractivity contribution is 5.81. The largest absolute Gasteiger partial charge is 0.494 e. The van der Waals surface area contributed by atoms with Crippen LogP contribution in [0, 0.1) is 0 Å². The molecule has 0 heterocycles. The summed E-state index contributed by atoms with van der Waals surface area (Å²) in [7, 11) is 0. The molecule has 0 spiro atoms. The maximum atomic E-state index is 11.7.